The van der Waals surface area contributed by atoms with Crippen molar-refractivity contribution in [1.82, 2.24) is 10.2 Å². The third kappa shape index (κ3) is 2.45. The summed E-state index contributed by atoms with van der Waals surface area (Å²) in [4.78, 5) is 25.5. The van der Waals surface area contributed by atoms with E-state index in [-0.39, 0.29) is 17.6 Å². The van der Waals surface area contributed by atoms with Gasteiger partial charge in [-0.15, -0.1) is 0 Å². The number of carbonyl (C=O) groups excluding carboxylic acids is 1. The second kappa shape index (κ2) is 5.77. The molecule has 0 radical (unpaired) electrons. The largest absolute Gasteiger partial charge is 0.478 e. The molecule has 24 heavy (non-hydrogen) atoms. The van der Waals surface area contributed by atoms with Gasteiger partial charge in [-0.1, -0.05) is 18.6 Å². The van der Waals surface area contributed by atoms with Crippen LogP contribution in [0.25, 0.3) is 0 Å². The van der Waals surface area contributed by atoms with E-state index < -0.39 is 5.97 Å². The molecule has 3 fully saturated rings. The van der Waals surface area contributed by atoms with Crippen molar-refractivity contribution in [2.45, 2.75) is 31.8 Å². The monoisotopic (exact) mass is 330 g/mol. The summed E-state index contributed by atoms with van der Waals surface area (Å²) in [6, 6.07) is 6.76. The van der Waals surface area contributed by atoms with Crippen LogP contribution in [-0.2, 0) is 11.3 Å². The van der Waals surface area contributed by atoms with Gasteiger partial charge in [-0.3, -0.25) is 0 Å². The van der Waals surface area contributed by atoms with Crippen molar-refractivity contribution in [2.24, 2.45) is 11.3 Å². The number of amides is 2. The summed E-state index contributed by atoms with van der Waals surface area (Å²) in [6.07, 6.45) is 3.67. The predicted molar refractivity (Wildman–Crippen MR) is 86.7 cm³/mol. The van der Waals surface area contributed by atoms with Gasteiger partial charge in [-0.05, 0) is 36.0 Å². The number of carbonyl (C=O) groups is 2. The first kappa shape index (κ1) is 15.4. The van der Waals surface area contributed by atoms with Gasteiger partial charge in [0.25, 0.3) is 0 Å². The molecule has 1 saturated carbocycles. The minimum Gasteiger partial charge on any atom is -0.478 e. The Hall–Kier alpha value is -2.08. The van der Waals surface area contributed by atoms with Gasteiger partial charge in [0.1, 0.15) is 0 Å². The second-order valence-electron chi connectivity index (χ2n) is 7.22. The Bertz CT molecular complexity index is 653. The minimum atomic E-state index is -0.944. The van der Waals surface area contributed by atoms with Gasteiger partial charge in [0.2, 0.25) is 0 Å². The molecule has 6 heteroatoms. The van der Waals surface area contributed by atoms with Crippen LogP contribution in [0.1, 0.15) is 35.2 Å². The van der Waals surface area contributed by atoms with Crippen molar-refractivity contribution >= 4 is 12.0 Å². The molecule has 1 spiro atoms. The fraction of sp³-hybridized carbons (Fsp3) is 0.556. The molecule has 0 aromatic heterocycles. The highest BCUT2D eigenvalue weighted by Crippen LogP contribution is 2.55. The van der Waals surface area contributed by atoms with Crippen molar-refractivity contribution in [3.63, 3.8) is 0 Å². The first-order valence-corrected chi connectivity index (χ1v) is 8.53. The van der Waals surface area contributed by atoms with E-state index in [2.05, 4.69) is 5.32 Å². The summed E-state index contributed by atoms with van der Waals surface area (Å²) in [7, 11) is 0. The number of hydrogen-bond acceptors (Lipinski definition) is 3. The Morgan fingerprint density at radius 2 is 2.00 bits per heavy atom. The summed E-state index contributed by atoms with van der Waals surface area (Å²) in [5.74, 6) is -0.451. The quantitative estimate of drug-likeness (QED) is 0.889. The smallest absolute Gasteiger partial charge is 0.335 e. The van der Waals surface area contributed by atoms with E-state index in [9.17, 15) is 9.59 Å². The topological polar surface area (TPSA) is 78.9 Å². The van der Waals surface area contributed by atoms with Gasteiger partial charge in [0.15, 0.2) is 0 Å². The number of urea groups is 1. The molecule has 3 aliphatic rings. The van der Waals surface area contributed by atoms with Gasteiger partial charge >= 0.3 is 12.0 Å². The van der Waals surface area contributed by atoms with Crippen LogP contribution < -0.4 is 5.32 Å². The van der Waals surface area contributed by atoms with E-state index in [1.807, 2.05) is 4.90 Å². The molecule has 128 valence electrons. The van der Waals surface area contributed by atoms with E-state index in [0.717, 1.165) is 18.7 Å². The molecule has 2 atom stereocenters. The van der Waals surface area contributed by atoms with Gasteiger partial charge in [-0.2, -0.15) is 0 Å². The second-order valence-corrected chi connectivity index (χ2v) is 7.22. The van der Waals surface area contributed by atoms with E-state index in [0.29, 0.717) is 24.5 Å². The average molecular weight is 330 g/mol. The molecular formula is C18H22N2O4. The molecule has 6 nitrogen and oxygen atoms in total. The van der Waals surface area contributed by atoms with Gasteiger partial charge in [0.05, 0.1) is 24.8 Å². The molecule has 2 saturated heterocycles. The number of nitrogens with zero attached hydrogens (tertiary/aromatic N) is 1. The zero-order valence-corrected chi connectivity index (χ0v) is 13.5. The van der Waals surface area contributed by atoms with Crippen LogP contribution in [-0.4, -0.2) is 47.8 Å². The normalized spacial score (nSPS) is 26.9. The van der Waals surface area contributed by atoms with Crippen molar-refractivity contribution in [3.05, 3.63) is 35.4 Å². The third-order valence-electron chi connectivity index (χ3n) is 5.98. The first-order valence-electron chi connectivity index (χ1n) is 8.53. The van der Waals surface area contributed by atoms with Crippen LogP contribution in [0, 0.1) is 11.3 Å². The van der Waals surface area contributed by atoms with Crippen molar-refractivity contribution < 1.29 is 19.4 Å². The standard InChI is InChI=1S/C18H22N2O4/c21-16(22)13-4-2-12(3-5-13)8-19-17(23)20-11-18(6-1-7-18)14-9-24-10-15(14)20/h2-5,14-15H,1,6-11H2,(H,19,23)(H,21,22). The van der Waals surface area contributed by atoms with Crippen LogP contribution >= 0.6 is 0 Å². The molecular weight excluding hydrogens is 308 g/mol. The number of nitrogens with one attached hydrogen (secondary N) is 1. The molecule has 2 heterocycles. The SMILES string of the molecule is O=C(O)c1ccc(CNC(=O)N2CC3(CCC3)C3COCC32)cc1. The minimum absolute atomic E-state index is 0.0402. The van der Waals surface area contributed by atoms with Gasteiger partial charge in [0, 0.05) is 19.0 Å². The third-order valence-corrected chi connectivity index (χ3v) is 5.98. The Balaban J connectivity index is 1.38. The maximum atomic E-state index is 12.6. The van der Waals surface area contributed by atoms with Crippen LogP contribution in [0.5, 0.6) is 0 Å². The van der Waals surface area contributed by atoms with Crippen LogP contribution in [0.2, 0.25) is 0 Å². The molecule has 2 unspecified atom stereocenters. The number of benzene rings is 1. The zero-order valence-electron chi connectivity index (χ0n) is 13.5. The van der Waals surface area contributed by atoms with Crippen LogP contribution in [0.3, 0.4) is 0 Å². The van der Waals surface area contributed by atoms with Gasteiger partial charge in [-0.25, -0.2) is 9.59 Å². The first-order chi connectivity index (χ1) is 11.6. The Morgan fingerprint density at radius 3 is 2.62 bits per heavy atom. The number of fused-ring (bicyclic) bond motifs is 2. The molecule has 2 aliphatic heterocycles. The van der Waals surface area contributed by atoms with E-state index in [1.54, 1.807) is 24.3 Å². The fourth-order valence-corrected chi connectivity index (χ4v) is 4.44. The molecule has 2 N–H and O–H groups in total. The summed E-state index contributed by atoms with van der Waals surface area (Å²) in [6.45, 7) is 2.67. The van der Waals surface area contributed by atoms with E-state index in [4.69, 9.17) is 9.84 Å². The molecule has 2 amide bonds. The van der Waals surface area contributed by atoms with Crippen molar-refractivity contribution in [2.75, 3.05) is 19.8 Å². The fourth-order valence-electron chi connectivity index (χ4n) is 4.44. The molecule has 4 rings (SSSR count). The summed E-state index contributed by atoms with van der Waals surface area (Å²) >= 11 is 0. The molecule has 0 bridgehead atoms. The maximum absolute atomic E-state index is 12.6. The molecule has 1 aromatic carbocycles. The maximum Gasteiger partial charge on any atom is 0.335 e. The predicted octanol–water partition coefficient (Wildman–Crippen LogP) is 2.10. The number of carboxylic acids is 1. The Kier molecular flexibility index (Phi) is 3.72. The lowest BCUT2D eigenvalue weighted by molar-refractivity contribution is 0.0559. The molecule has 1 aliphatic carbocycles. The van der Waals surface area contributed by atoms with Crippen molar-refractivity contribution in [3.8, 4) is 0 Å². The number of hydrogen-bond donors (Lipinski definition) is 2. The molecule has 1 aromatic rings. The van der Waals surface area contributed by atoms with E-state index >= 15 is 0 Å². The number of ether oxygens (including phenoxy) is 1. The summed E-state index contributed by atoms with van der Waals surface area (Å²) < 4.78 is 5.64. The summed E-state index contributed by atoms with van der Waals surface area (Å²) in [5.41, 5.74) is 1.44. The Labute approximate surface area is 140 Å². The van der Waals surface area contributed by atoms with E-state index in [1.165, 1.54) is 19.3 Å². The van der Waals surface area contributed by atoms with Crippen molar-refractivity contribution in [1.29, 1.82) is 0 Å². The lowest BCUT2D eigenvalue weighted by atomic mass is 9.62. The van der Waals surface area contributed by atoms with Crippen LogP contribution in [0.4, 0.5) is 4.79 Å². The lowest BCUT2D eigenvalue weighted by Crippen LogP contribution is -2.44. The number of aromatic carboxylic acids is 1. The summed E-state index contributed by atoms with van der Waals surface area (Å²) in [5, 5.41) is 11.9. The lowest BCUT2D eigenvalue weighted by Gasteiger charge is -2.41. The van der Waals surface area contributed by atoms with Gasteiger partial charge < -0.3 is 20.1 Å². The number of carboxylic acid groups (broad SMARTS) is 1. The highest BCUT2D eigenvalue weighted by atomic mass is 16.5. The number of likely N-dealkylation sites (tertiary alicyclic amines) is 1. The highest BCUT2D eigenvalue weighted by Gasteiger charge is 2.58. The Morgan fingerprint density at radius 1 is 1.25 bits per heavy atom. The van der Waals surface area contributed by atoms with Crippen LogP contribution in [0.15, 0.2) is 24.3 Å². The zero-order chi connectivity index (χ0) is 16.7. The number of rotatable bonds is 3. The highest BCUT2D eigenvalue weighted by molar-refractivity contribution is 5.87. The average Bonchev–Trinajstić information content (AvgIpc) is 3.13.